The lowest BCUT2D eigenvalue weighted by atomic mass is 10.1. The lowest BCUT2D eigenvalue weighted by Gasteiger charge is -2.26. The van der Waals surface area contributed by atoms with Gasteiger partial charge in [0.2, 0.25) is 0 Å². The van der Waals surface area contributed by atoms with E-state index in [1.165, 1.54) is 10.4 Å². The molecule has 3 nitrogen and oxygen atoms in total. The highest BCUT2D eigenvalue weighted by Gasteiger charge is 2.16. The Balaban J connectivity index is 1.50. The Bertz CT molecular complexity index is 629. The summed E-state index contributed by atoms with van der Waals surface area (Å²) in [5, 5.41) is 11.0. The van der Waals surface area contributed by atoms with Gasteiger partial charge in [0.1, 0.15) is 12.4 Å². The van der Waals surface area contributed by atoms with E-state index < -0.39 is 0 Å². The van der Waals surface area contributed by atoms with Crippen LogP contribution < -0.4 is 4.74 Å². The number of nitrogens with zero attached hydrogens (tertiary/aromatic N) is 2. The fourth-order valence-electron chi connectivity index (χ4n) is 2.45. The maximum atomic E-state index is 8.85. The third-order valence-electron chi connectivity index (χ3n) is 3.53. The first-order valence-corrected chi connectivity index (χ1v) is 7.64. The molecule has 0 fully saturated rings. The minimum absolute atomic E-state index is 0.642. The van der Waals surface area contributed by atoms with E-state index in [0.717, 1.165) is 31.8 Å². The highest BCUT2D eigenvalue weighted by molar-refractivity contribution is 7.10. The SMILES string of the molecule is N#Cc1cccc(OCCN2CCc3sccc3C2)c1. The van der Waals surface area contributed by atoms with Crippen LogP contribution in [0.4, 0.5) is 0 Å². The summed E-state index contributed by atoms with van der Waals surface area (Å²) in [5.41, 5.74) is 2.11. The summed E-state index contributed by atoms with van der Waals surface area (Å²) in [5.74, 6) is 0.775. The molecule has 0 N–H and O–H groups in total. The highest BCUT2D eigenvalue weighted by atomic mass is 32.1. The van der Waals surface area contributed by atoms with Gasteiger partial charge in [-0.3, -0.25) is 4.90 Å². The lowest BCUT2D eigenvalue weighted by molar-refractivity contribution is 0.197. The van der Waals surface area contributed by atoms with Gasteiger partial charge in [-0.2, -0.15) is 5.26 Å². The molecule has 4 heteroatoms. The number of ether oxygens (including phenoxy) is 1. The average molecular weight is 284 g/mol. The number of hydrogen-bond donors (Lipinski definition) is 0. The molecule has 0 aliphatic carbocycles. The van der Waals surface area contributed by atoms with Gasteiger partial charge in [-0.05, 0) is 41.6 Å². The second kappa shape index (κ2) is 6.08. The van der Waals surface area contributed by atoms with Gasteiger partial charge in [-0.25, -0.2) is 0 Å². The first-order chi connectivity index (χ1) is 9.85. The summed E-state index contributed by atoms with van der Waals surface area (Å²) in [7, 11) is 0. The van der Waals surface area contributed by atoms with Crippen LogP contribution in [0.2, 0.25) is 0 Å². The fourth-order valence-corrected chi connectivity index (χ4v) is 3.34. The Kier molecular flexibility index (Phi) is 4.00. The quantitative estimate of drug-likeness (QED) is 0.865. The summed E-state index contributed by atoms with van der Waals surface area (Å²) in [6, 6.07) is 11.7. The Hall–Kier alpha value is -1.83. The molecule has 1 aromatic carbocycles. The molecule has 0 unspecified atom stereocenters. The third-order valence-corrected chi connectivity index (χ3v) is 4.55. The number of benzene rings is 1. The molecule has 1 aromatic heterocycles. The van der Waals surface area contributed by atoms with Crippen LogP contribution in [0.15, 0.2) is 35.7 Å². The van der Waals surface area contributed by atoms with Crippen molar-refractivity contribution >= 4 is 11.3 Å². The van der Waals surface area contributed by atoms with E-state index in [9.17, 15) is 0 Å². The standard InChI is InChI=1S/C16H16N2OS/c17-11-13-2-1-3-15(10-13)19-8-7-18-6-4-16-14(12-18)5-9-20-16/h1-3,5,9-10H,4,6-8,12H2. The molecule has 102 valence electrons. The van der Waals surface area contributed by atoms with E-state index in [4.69, 9.17) is 10.00 Å². The van der Waals surface area contributed by atoms with E-state index in [-0.39, 0.29) is 0 Å². The van der Waals surface area contributed by atoms with Crippen LogP contribution in [0, 0.1) is 11.3 Å². The van der Waals surface area contributed by atoms with Crippen LogP contribution in [0.5, 0.6) is 5.75 Å². The average Bonchev–Trinajstić information content (AvgIpc) is 2.95. The molecule has 0 atom stereocenters. The van der Waals surface area contributed by atoms with Crippen LogP contribution in [-0.4, -0.2) is 24.6 Å². The lowest BCUT2D eigenvalue weighted by Crippen LogP contribution is -2.33. The summed E-state index contributed by atoms with van der Waals surface area (Å²) < 4.78 is 5.73. The van der Waals surface area contributed by atoms with Gasteiger partial charge < -0.3 is 4.74 Å². The molecule has 0 saturated heterocycles. The number of rotatable bonds is 4. The molecule has 2 heterocycles. The van der Waals surface area contributed by atoms with Crippen molar-refractivity contribution in [2.75, 3.05) is 19.7 Å². The van der Waals surface area contributed by atoms with E-state index in [2.05, 4.69) is 22.4 Å². The van der Waals surface area contributed by atoms with Crippen molar-refractivity contribution in [1.82, 2.24) is 4.90 Å². The number of fused-ring (bicyclic) bond motifs is 1. The van der Waals surface area contributed by atoms with Crippen LogP contribution in [0.3, 0.4) is 0 Å². The fraction of sp³-hybridized carbons (Fsp3) is 0.312. The molecule has 0 saturated carbocycles. The predicted octanol–water partition coefficient (Wildman–Crippen LogP) is 3.06. The first-order valence-electron chi connectivity index (χ1n) is 6.76. The molecule has 2 aromatic rings. The molecule has 0 spiro atoms. The van der Waals surface area contributed by atoms with Crippen LogP contribution in [0.1, 0.15) is 16.0 Å². The molecule has 1 aliphatic rings. The van der Waals surface area contributed by atoms with E-state index >= 15 is 0 Å². The van der Waals surface area contributed by atoms with Gasteiger partial charge in [0.15, 0.2) is 0 Å². The van der Waals surface area contributed by atoms with Crippen LogP contribution in [-0.2, 0) is 13.0 Å². The zero-order chi connectivity index (χ0) is 13.8. The molecule has 3 rings (SSSR count). The van der Waals surface area contributed by atoms with E-state index in [0.29, 0.717) is 12.2 Å². The minimum Gasteiger partial charge on any atom is -0.492 e. The van der Waals surface area contributed by atoms with E-state index in [1.807, 2.05) is 23.5 Å². The summed E-state index contributed by atoms with van der Waals surface area (Å²) in [4.78, 5) is 3.95. The Morgan fingerprint density at radius 3 is 3.20 bits per heavy atom. The second-order valence-corrected chi connectivity index (χ2v) is 5.88. The van der Waals surface area contributed by atoms with Crippen molar-refractivity contribution in [3.8, 4) is 11.8 Å². The monoisotopic (exact) mass is 284 g/mol. The van der Waals surface area contributed by atoms with Gasteiger partial charge >= 0.3 is 0 Å². The van der Waals surface area contributed by atoms with Crippen molar-refractivity contribution in [3.05, 3.63) is 51.7 Å². The third kappa shape index (κ3) is 3.01. The van der Waals surface area contributed by atoms with Gasteiger partial charge in [-0.1, -0.05) is 6.07 Å². The number of hydrogen-bond acceptors (Lipinski definition) is 4. The van der Waals surface area contributed by atoms with Gasteiger partial charge in [0.05, 0.1) is 11.6 Å². The molecular formula is C16H16N2OS. The van der Waals surface area contributed by atoms with Crippen molar-refractivity contribution in [1.29, 1.82) is 5.26 Å². The minimum atomic E-state index is 0.642. The molecule has 0 radical (unpaired) electrons. The molecule has 20 heavy (non-hydrogen) atoms. The summed E-state index contributed by atoms with van der Waals surface area (Å²) >= 11 is 1.86. The number of nitriles is 1. The number of thiophene rings is 1. The zero-order valence-corrected chi connectivity index (χ0v) is 12.0. The molecular weight excluding hydrogens is 268 g/mol. The van der Waals surface area contributed by atoms with Crippen molar-refractivity contribution < 1.29 is 4.74 Å². The largest absolute Gasteiger partial charge is 0.492 e. The normalized spacial score (nSPS) is 14.6. The van der Waals surface area contributed by atoms with Crippen LogP contribution in [0.25, 0.3) is 0 Å². The second-order valence-electron chi connectivity index (χ2n) is 4.88. The summed E-state index contributed by atoms with van der Waals surface area (Å²) in [6.45, 7) is 3.72. The molecule has 0 amide bonds. The topological polar surface area (TPSA) is 36.3 Å². The van der Waals surface area contributed by atoms with Crippen molar-refractivity contribution in [2.45, 2.75) is 13.0 Å². The molecule has 0 bridgehead atoms. The predicted molar refractivity (Wildman–Crippen MR) is 80.0 cm³/mol. The van der Waals surface area contributed by atoms with Gasteiger partial charge in [0, 0.05) is 24.5 Å². The summed E-state index contributed by atoms with van der Waals surface area (Å²) in [6.07, 6.45) is 1.15. The molecule has 1 aliphatic heterocycles. The zero-order valence-electron chi connectivity index (χ0n) is 11.2. The van der Waals surface area contributed by atoms with Crippen molar-refractivity contribution in [2.24, 2.45) is 0 Å². The Morgan fingerprint density at radius 2 is 2.30 bits per heavy atom. The van der Waals surface area contributed by atoms with Gasteiger partial charge in [0.25, 0.3) is 0 Å². The van der Waals surface area contributed by atoms with E-state index in [1.54, 1.807) is 12.1 Å². The first kappa shape index (κ1) is 13.2. The smallest absolute Gasteiger partial charge is 0.120 e. The van der Waals surface area contributed by atoms with Crippen LogP contribution >= 0.6 is 11.3 Å². The maximum absolute atomic E-state index is 8.85. The van der Waals surface area contributed by atoms with Gasteiger partial charge in [-0.15, -0.1) is 11.3 Å². The maximum Gasteiger partial charge on any atom is 0.120 e. The highest BCUT2D eigenvalue weighted by Crippen LogP contribution is 2.23. The Labute approximate surface area is 123 Å². The van der Waals surface area contributed by atoms with Crippen molar-refractivity contribution in [3.63, 3.8) is 0 Å². The Morgan fingerprint density at radius 1 is 1.35 bits per heavy atom.